The van der Waals surface area contributed by atoms with E-state index in [1.54, 1.807) is 11.3 Å². The molecule has 5 heteroatoms. The zero-order valence-corrected chi connectivity index (χ0v) is 14.2. The van der Waals surface area contributed by atoms with Crippen molar-refractivity contribution in [3.05, 3.63) is 44.8 Å². The molecule has 0 aliphatic rings. The molecule has 1 N–H and O–H groups in total. The SMILES string of the molecule is CC(C)NCc1cnc(CSc2ccccc2Br)s1. The van der Waals surface area contributed by atoms with E-state index in [4.69, 9.17) is 0 Å². The molecule has 0 saturated carbocycles. The van der Waals surface area contributed by atoms with Gasteiger partial charge in [-0.05, 0) is 28.1 Å². The number of hydrogen-bond donors (Lipinski definition) is 1. The van der Waals surface area contributed by atoms with E-state index in [1.165, 1.54) is 14.8 Å². The third-order valence-corrected chi connectivity index (χ3v) is 5.69. The van der Waals surface area contributed by atoms with E-state index in [-0.39, 0.29) is 0 Å². The lowest BCUT2D eigenvalue weighted by molar-refractivity contribution is 0.593. The fraction of sp³-hybridized carbons (Fsp3) is 0.357. The van der Waals surface area contributed by atoms with E-state index in [0.717, 1.165) is 16.8 Å². The Morgan fingerprint density at radius 2 is 2.16 bits per heavy atom. The first-order chi connectivity index (χ1) is 9.15. The van der Waals surface area contributed by atoms with E-state index in [1.807, 2.05) is 24.0 Å². The average Bonchev–Trinajstić information content (AvgIpc) is 2.83. The molecular formula is C14H17BrN2S2. The molecule has 1 aromatic heterocycles. The van der Waals surface area contributed by atoms with Gasteiger partial charge in [-0.3, -0.25) is 0 Å². The maximum Gasteiger partial charge on any atom is 0.103 e. The molecule has 0 radical (unpaired) electrons. The van der Waals surface area contributed by atoms with Crippen molar-refractivity contribution in [3.8, 4) is 0 Å². The Morgan fingerprint density at radius 3 is 2.89 bits per heavy atom. The normalized spacial score (nSPS) is 11.2. The molecule has 1 aromatic carbocycles. The Morgan fingerprint density at radius 1 is 1.37 bits per heavy atom. The maximum absolute atomic E-state index is 4.48. The Labute approximate surface area is 131 Å². The van der Waals surface area contributed by atoms with Crippen LogP contribution in [-0.2, 0) is 12.3 Å². The number of nitrogens with one attached hydrogen (secondary N) is 1. The summed E-state index contributed by atoms with van der Waals surface area (Å²) >= 11 is 7.18. The lowest BCUT2D eigenvalue weighted by Crippen LogP contribution is -2.21. The van der Waals surface area contributed by atoms with Crippen LogP contribution in [0, 0.1) is 0 Å². The molecule has 0 amide bonds. The van der Waals surface area contributed by atoms with Crippen LogP contribution in [0.15, 0.2) is 39.8 Å². The van der Waals surface area contributed by atoms with Crippen LogP contribution in [0.5, 0.6) is 0 Å². The standard InChI is InChI=1S/C14H17BrN2S2/c1-10(2)16-7-11-8-17-14(19-11)9-18-13-6-4-3-5-12(13)15/h3-6,8,10,16H,7,9H2,1-2H3. The summed E-state index contributed by atoms with van der Waals surface area (Å²) in [6.07, 6.45) is 1.98. The van der Waals surface area contributed by atoms with E-state index >= 15 is 0 Å². The molecule has 0 atom stereocenters. The minimum atomic E-state index is 0.514. The molecule has 2 nitrogen and oxygen atoms in total. The quantitative estimate of drug-likeness (QED) is 0.759. The van der Waals surface area contributed by atoms with E-state index in [2.05, 4.69) is 58.3 Å². The third kappa shape index (κ3) is 4.91. The number of benzene rings is 1. The molecule has 2 rings (SSSR count). The summed E-state index contributed by atoms with van der Waals surface area (Å²) < 4.78 is 1.15. The summed E-state index contributed by atoms with van der Waals surface area (Å²) in [6, 6.07) is 8.81. The highest BCUT2D eigenvalue weighted by Gasteiger charge is 2.05. The molecule has 0 aliphatic carbocycles. The van der Waals surface area contributed by atoms with Crippen LogP contribution in [0.4, 0.5) is 0 Å². The Kier molecular flexibility index (Phi) is 5.88. The predicted molar refractivity (Wildman–Crippen MR) is 87.8 cm³/mol. The molecule has 19 heavy (non-hydrogen) atoms. The van der Waals surface area contributed by atoms with Gasteiger partial charge >= 0.3 is 0 Å². The second-order valence-corrected chi connectivity index (χ2v) is 7.55. The molecule has 2 aromatic rings. The Hall–Kier alpha value is -0.360. The number of rotatable bonds is 6. The van der Waals surface area contributed by atoms with Gasteiger partial charge in [0.1, 0.15) is 5.01 Å². The Bertz CT molecular complexity index is 526. The highest BCUT2D eigenvalue weighted by atomic mass is 79.9. The first kappa shape index (κ1) is 15.0. The van der Waals surface area contributed by atoms with Gasteiger partial charge in [-0.2, -0.15) is 0 Å². The zero-order chi connectivity index (χ0) is 13.7. The molecule has 0 fully saturated rings. The molecule has 0 bridgehead atoms. The van der Waals surface area contributed by atoms with Gasteiger partial charge in [-0.15, -0.1) is 23.1 Å². The first-order valence-corrected chi connectivity index (χ1v) is 8.79. The monoisotopic (exact) mass is 356 g/mol. The van der Waals surface area contributed by atoms with Gasteiger partial charge in [0.15, 0.2) is 0 Å². The van der Waals surface area contributed by atoms with Crippen molar-refractivity contribution in [1.29, 1.82) is 0 Å². The van der Waals surface area contributed by atoms with Crippen LogP contribution in [0.3, 0.4) is 0 Å². The molecular weight excluding hydrogens is 340 g/mol. The van der Waals surface area contributed by atoms with Gasteiger partial charge in [-0.1, -0.05) is 26.0 Å². The van der Waals surface area contributed by atoms with Crippen molar-refractivity contribution in [2.45, 2.75) is 37.1 Å². The summed E-state index contributed by atoms with van der Waals surface area (Å²) in [6.45, 7) is 5.23. The van der Waals surface area contributed by atoms with Gasteiger partial charge in [0.2, 0.25) is 0 Å². The molecule has 0 spiro atoms. The van der Waals surface area contributed by atoms with Crippen LogP contribution in [0.25, 0.3) is 0 Å². The highest BCUT2D eigenvalue weighted by molar-refractivity contribution is 9.10. The van der Waals surface area contributed by atoms with Gasteiger partial charge in [0, 0.05) is 33.0 Å². The fourth-order valence-corrected chi connectivity index (χ4v) is 3.95. The molecule has 102 valence electrons. The summed E-state index contributed by atoms with van der Waals surface area (Å²) in [5, 5.41) is 4.60. The van der Waals surface area contributed by atoms with Crippen LogP contribution in [0.1, 0.15) is 23.7 Å². The number of nitrogens with zero attached hydrogens (tertiary/aromatic N) is 1. The summed E-state index contributed by atoms with van der Waals surface area (Å²) in [5.41, 5.74) is 0. The molecule has 1 heterocycles. The van der Waals surface area contributed by atoms with E-state index < -0.39 is 0 Å². The van der Waals surface area contributed by atoms with Crippen LogP contribution >= 0.6 is 39.0 Å². The van der Waals surface area contributed by atoms with Crippen molar-refractivity contribution in [1.82, 2.24) is 10.3 Å². The maximum atomic E-state index is 4.48. The minimum absolute atomic E-state index is 0.514. The van der Waals surface area contributed by atoms with Crippen LogP contribution in [-0.4, -0.2) is 11.0 Å². The van der Waals surface area contributed by atoms with Crippen molar-refractivity contribution < 1.29 is 0 Å². The van der Waals surface area contributed by atoms with E-state index in [0.29, 0.717) is 6.04 Å². The van der Waals surface area contributed by atoms with Crippen LogP contribution in [0.2, 0.25) is 0 Å². The zero-order valence-electron chi connectivity index (χ0n) is 11.0. The second-order valence-electron chi connectivity index (χ2n) is 4.48. The lowest BCUT2D eigenvalue weighted by atomic mass is 10.4. The lowest BCUT2D eigenvalue weighted by Gasteiger charge is -2.04. The smallest absolute Gasteiger partial charge is 0.103 e. The first-order valence-electron chi connectivity index (χ1n) is 6.19. The second kappa shape index (κ2) is 7.43. The molecule has 0 aliphatic heterocycles. The van der Waals surface area contributed by atoms with Crippen molar-refractivity contribution >= 4 is 39.0 Å². The van der Waals surface area contributed by atoms with Crippen molar-refractivity contribution in [2.75, 3.05) is 0 Å². The van der Waals surface area contributed by atoms with E-state index in [9.17, 15) is 0 Å². The van der Waals surface area contributed by atoms with Crippen molar-refractivity contribution in [3.63, 3.8) is 0 Å². The summed E-state index contributed by atoms with van der Waals surface area (Å²) in [5.74, 6) is 0.926. The predicted octanol–water partition coefficient (Wildman–Crippen LogP) is 4.70. The number of thiazole rings is 1. The fourth-order valence-electron chi connectivity index (χ4n) is 1.50. The van der Waals surface area contributed by atoms with Gasteiger partial charge < -0.3 is 5.32 Å². The number of halogens is 1. The summed E-state index contributed by atoms with van der Waals surface area (Å²) in [7, 11) is 0. The summed E-state index contributed by atoms with van der Waals surface area (Å²) in [4.78, 5) is 7.05. The largest absolute Gasteiger partial charge is 0.310 e. The topological polar surface area (TPSA) is 24.9 Å². The molecule has 0 saturated heterocycles. The van der Waals surface area contributed by atoms with Gasteiger partial charge in [-0.25, -0.2) is 4.98 Å². The minimum Gasteiger partial charge on any atom is -0.310 e. The third-order valence-electron chi connectivity index (χ3n) is 2.47. The number of aromatic nitrogens is 1. The highest BCUT2D eigenvalue weighted by Crippen LogP contribution is 2.30. The van der Waals surface area contributed by atoms with Crippen molar-refractivity contribution in [2.24, 2.45) is 0 Å². The number of hydrogen-bond acceptors (Lipinski definition) is 4. The number of thioether (sulfide) groups is 1. The molecule has 0 unspecified atom stereocenters. The van der Waals surface area contributed by atoms with Crippen LogP contribution < -0.4 is 5.32 Å². The average molecular weight is 357 g/mol. The van der Waals surface area contributed by atoms with Gasteiger partial charge in [0.05, 0.1) is 5.75 Å². The Balaban J connectivity index is 1.88. The van der Waals surface area contributed by atoms with Gasteiger partial charge in [0.25, 0.3) is 0 Å².